The van der Waals surface area contributed by atoms with Crippen molar-refractivity contribution in [3.05, 3.63) is 100 Å². The number of alkyl carbamates (subject to hydrolysis) is 2. The number of methoxy groups -OCH3 is 2. The number of halogens is 10. The van der Waals surface area contributed by atoms with Crippen LogP contribution in [0.5, 0.6) is 0 Å². The van der Waals surface area contributed by atoms with E-state index in [0.29, 0.717) is 68.2 Å². The second-order valence-corrected chi connectivity index (χ2v) is 20.7. The molecule has 1 unspecified atom stereocenters. The summed E-state index contributed by atoms with van der Waals surface area (Å²) in [6.45, 7) is 2.13. The molecule has 4 amide bonds. The van der Waals surface area contributed by atoms with E-state index in [4.69, 9.17) is 10.5 Å². The number of alkyl halides is 8. The average Bonchev–Trinajstić information content (AvgIpc) is 3.34. The zero-order chi connectivity index (χ0) is 59.1. The predicted octanol–water partition coefficient (Wildman–Crippen LogP) is 5.42. The fourth-order valence-electron chi connectivity index (χ4n) is 8.90. The van der Waals surface area contributed by atoms with E-state index in [1.165, 1.54) is 24.3 Å². The number of hydrazine groups is 1. The summed E-state index contributed by atoms with van der Waals surface area (Å²) in [5.74, 6) is 0.678. The summed E-state index contributed by atoms with van der Waals surface area (Å²) >= 11 is 0. The number of hydrogen-bond donors (Lipinski definition) is 6. The van der Waals surface area contributed by atoms with Crippen molar-refractivity contribution in [1.29, 1.82) is 0 Å². The second-order valence-electron chi connectivity index (χ2n) is 20.7. The van der Waals surface area contributed by atoms with Gasteiger partial charge in [0.1, 0.15) is 29.5 Å². The van der Waals surface area contributed by atoms with Crippen molar-refractivity contribution >= 4 is 41.7 Å². The topological polar surface area (TPSA) is 225 Å². The lowest BCUT2D eigenvalue weighted by Gasteiger charge is -2.63. The van der Waals surface area contributed by atoms with Crippen LogP contribution in [0.4, 0.5) is 59.3 Å². The van der Waals surface area contributed by atoms with Gasteiger partial charge in [0.25, 0.3) is 5.91 Å². The number of likely N-dealkylation sites (tertiary alicyclic amines) is 1. The molecule has 3 aliphatic heterocycles. The monoisotopic (exact) mass is 1140 g/mol. The van der Waals surface area contributed by atoms with Gasteiger partial charge in [-0.25, -0.2) is 33.4 Å². The van der Waals surface area contributed by atoms with Crippen LogP contribution >= 0.6 is 0 Å². The lowest BCUT2D eigenvalue weighted by molar-refractivity contribution is -0.221. The molecule has 1 aromatic heterocycles. The second kappa shape index (κ2) is 25.1. The Morgan fingerprint density at radius 2 is 1.39 bits per heavy atom. The van der Waals surface area contributed by atoms with Crippen LogP contribution in [0.1, 0.15) is 55.5 Å². The lowest BCUT2D eigenvalue weighted by atomic mass is 9.72. The maximum absolute atomic E-state index is 15.9. The van der Waals surface area contributed by atoms with Gasteiger partial charge < -0.3 is 45.9 Å². The summed E-state index contributed by atoms with van der Waals surface area (Å²) in [4.78, 5) is 64.7. The normalized spacial score (nSPS) is 17.5. The van der Waals surface area contributed by atoms with Gasteiger partial charge in [-0.05, 0) is 82.2 Å². The first-order valence-corrected chi connectivity index (χ1v) is 24.6. The Bertz CT molecular complexity index is 2800. The number of aromatic nitrogens is 1. The molecule has 3 aliphatic rings. The molecule has 1 spiro atoms. The molecule has 3 aromatic rings. The van der Waals surface area contributed by atoms with Gasteiger partial charge in [-0.15, -0.1) is 0 Å². The maximum atomic E-state index is 15.9. The molecule has 4 heterocycles. The Hall–Kier alpha value is -7.22. The van der Waals surface area contributed by atoms with Gasteiger partial charge in [0.2, 0.25) is 5.91 Å². The van der Waals surface area contributed by atoms with Gasteiger partial charge in [-0.2, -0.15) is 35.1 Å². The highest BCUT2D eigenvalue weighted by Crippen LogP contribution is 2.44. The van der Waals surface area contributed by atoms with Crippen LogP contribution in [-0.4, -0.2) is 160 Å². The van der Waals surface area contributed by atoms with Crippen molar-refractivity contribution in [2.24, 2.45) is 27.0 Å². The van der Waals surface area contributed by atoms with Crippen molar-refractivity contribution in [1.82, 2.24) is 36.3 Å². The van der Waals surface area contributed by atoms with Gasteiger partial charge in [-0.3, -0.25) is 19.9 Å². The highest BCUT2D eigenvalue weighted by atomic mass is 19.4. The minimum absolute atomic E-state index is 0.250. The van der Waals surface area contributed by atoms with E-state index in [1.807, 2.05) is 22.9 Å². The molecular weight excluding hydrogens is 1080 g/mol. The maximum Gasteiger partial charge on any atom is 0.407 e. The highest BCUT2D eigenvalue weighted by molar-refractivity contribution is 5.87. The molecule has 0 bridgehead atoms. The minimum atomic E-state index is -5.23. The Morgan fingerprint density at radius 1 is 0.850 bits per heavy atom. The molecular formula is C52H60F10N10O8. The number of aliphatic hydroxyl groups excluding tert-OH is 1. The van der Waals surface area contributed by atoms with Gasteiger partial charge in [0, 0.05) is 85.0 Å². The minimum Gasteiger partial charge on any atom is -0.453 e. The van der Waals surface area contributed by atoms with Gasteiger partial charge in [0.05, 0.1) is 56.5 Å². The van der Waals surface area contributed by atoms with Crippen molar-refractivity contribution in [3.63, 3.8) is 0 Å². The average molecular weight is 1140 g/mol. The van der Waals surface area contributed by atoms with E-state index < -0.39 is 126 Å². The summed E-state index contributed by atoms with van der Waals surface area (Å²) < 4.78 is 158. The van der Waals surface area contributed by atoms with E-state index >= 15 is 8.78 Å². The van der Waals surface area contributed by atoms with Crippen LogP contribution in [-0.2, 0) is 36.8 Å². The molecule has 436 valence electrons. The number of nitrogens with two attached hydrogens (primary N) is 1. The van der Waals surface area contributed by atoms with Gasteiger partial charge in [0.15, 0.2) is 0 Å². The summed E-state index contributed by atoms with van der Waals surface area (Å²) in [6.07, 6.45) is -13.1. The number of benzene rings is 2. The molecule has 28 heteroatoms. The summed E-state index contributed by atoms with van der Waals surface area (Å²) in [7, 11) is 1.59. The van der Waals surface area contributed by atoms with Gasteiger partial charge in [-0.1, -0.05) is 24.0 Å². The summed E-state index contributed by atoms with van der Waals surface area (Å²) in [5, 5.41) is 18.4. The van der Waals surface area contributed by atoms with Crippen LogP contribution in [0.2, 0.25) is 0 Å². The number of anilines is 1. The molecule has 80 heavy (non-hydrogen) atoms. The third-order valence-electron chi connectivity index (χ3n) is 14.2. The number of nitrogens with zero attached hydrogens (tertiary/aromatic N) is 5. The molecule has 0 radical (unpaired) electrons. The smallest absolute Gasteiger partial charge is 0.407 e. The molecule has 2 aromatic carbocycles. The Labute approximate surface area is 453 Å². The van der Waals surface area contributed by atoms with E-state index in [1.54, 1.807) is 11.5 Å². The summed E-state index contributed by atoms with van der Waals surface area (Å²) in [5.41, 5.74) is 1.39. The largest absolute Gasteiger partial charge is 0.453 e. The highest BCUT2D eigenvalue weighted by Gasteiger charge is 2.58. The lowest BCUT2D eigenvalue weighted by Crippen LogP contribution is -2.75. The van der Waals surface area contributed by atoms with E-state index in [2.05, 4.69) is 46.4 Å². The number of amides is 4. The van der Waals surface area contributed by atoms with Crippen LogP contribution in [0.3, 0.4) is 0 Å². The van der Waals surface area contributed by atoms with E-state index in [0.717, 1.165) is 65.5 Å². The van der Waals surface area contributed by atoms with Crippen LogP contribution < -0.4 is 32.0 Å². The molecule has 4 atom stereocenters. The van der Waals surface area contributed by atoms with Crippen LogP contribution in [0.25, 0.3) is 5.70 Å². The number of allylic oxidation sites excluding steroid dienone is 1. The quantitative estimate of drug-likeness (QED) is 0.0274. The number of pyridine rings is 1. The Morgan fingerprint density at radius 3 is 1.88 bits per heavy atom. The van der Waals surface area contributed by atoms with Crippen molar-refractivity contribution < 1.29 is 82.4 Å². The van der Waals surface area contributed by atoms with E-state index in [-0.39, 0.29) is 11.0 Å². The first-order valence-electron chi connectivity index (χ1n) is 24.6. The summed E-state index contributed by atoms with van der Waals surface area (Å²) in [6, 6.07) is 4.64. The fourth-order valence-corrected chi connectivity index (χ4v) is 8.90. The standard InChI is InChI=1S/C52H60F10N10O8/c1-48(2,51(57,58)59)41(67-46(76)78-5)43(74)66-38(17-30-10-7-29(8-11-30)9-12-31-13-14-40(65-20-31)71-27-50(28-71)25-70(26-50)33-23-80-24-33)39(73)22-72(69-44(75)42(68-47(77)79-6)49(3,4)52(60,61)62)21-34-35(53)18-32(19-36(34)54)37(63)15-16-64-45(55)56/h7-8,10-11,13-16,18-20,33,38-39,41-42,45,73H,17,21-28,63H2,1-6H3,(H,66,74)(H,67,76)(H,68,77)(H,69,75)/t38-,39-,41?,42+/m0/s1. The predicted molar refractivity (Wildman–Crippen MR) is 269 cm³/mol. The number of carbonyl (C=O) groups is 4. The number of aliphatic hydroxyl groups is 1. The molecule has 6 rings (SSSR count). The Balaban J connectivity index is 1.30. The first-order chi connectivity index (χ1) is 37.4. The number of carbonyl (C=O) groups excluding carboxylic acids is 4. The molecule has 18 nitrogen and oxygen atoms in total. The van der Waals surface area contributed by atoms with Gasteiger partial charge >= 0.3 is 31.1 Å². The SMILES string of the molecule is COC(=O)NC(C(=O)N[C@@H](Cc1ccc(C#Cc2ccc(N3CC4(C3)CN(C3COC3)C4)nc2)cc1)[C@@H](O)CN(Cc1c(F)cc(C(N)=CC=NC(F)F)cc1F)NC(=O)[C@@H](NC(=O)OC)C(C)(C)C(F)(F)F)C(C)(C)C(F)(F)F. The fraction of sp³-hybridized carbons (Fsp3) is 0.500. The first kappa shape index (κ1) is 62.0. The van der Waals surface area contributed by atoms with Crippen molar-refractivity contribution in [3.8, 4) is 11.8 Å². The zero-order valence-electron chi connectivity index (χ0n) is 44.1. The zero-order valence-corrected chi connectivity index (χ0v) is 44.1. The molecule has 3 fully saturated rings. The van der Waals surface area contributed by atoms with Crippen molar-refractivity contribution in [2.75, 3.05) is 65.1 Å². The van der Waals surface area contributed by atoms with Crippen LogP contribution in [0.15, 0.2) is 65.8 Å². The van der Waals surface area contributed by atoms with Crippen molar-refractivity contribution in [2.45, 2.75) is 89.8 Å². The Kier molecular flexibility index (Phi) is 19.4. The number of aliphatic imine (C=N–C) groups is 1. The number of rotatable bonds is 20. The molecule has 0 saturated carbocycles. The number of hydrogen-bond acceptors (Lipinski definition) is 14. The molecule has 0 aliphatic carbocycles. The molecule has 3 saturated heterocycles. The number of nitrogens with one attached hydrogen (secondary N) is 4. The molecule has 7 N–H and O–H groups in total. The third-order valence-corrected chi connectivity index (χ3v) is 14.2. The number of ether oxygens (including phenoxy) is 3. The third kappa shape index (κ3) is 15.0. The van der Waals surface area contributed by atoms with E-state index in [9.17, 15) is 59.4 Å². The van der Waals surface area contributed by atoms with Crippen LogP contribution in [0, 0.1) is 39.7 Å².